The first-order valence-corrected chi connectivity index (χ1v) is 6.56. The second-order valence-corrected chi connectivity index (χ2v) is 4.76. The van der Waals surface area contributed by atoms with Crippen molar-refractivity contribution in [3.63, 3.8) is 0 Å². The molecule has 6 nitrogen and oxygen atoms in total. The zero-order valence-corrected chi connectivity index (χ0v) is 12.3. The van der Waals surface area contributed by atoms with Crippen molar-refractivity contribution >= 4 is 17.9 Å². The van der Waals surface area contributed by atoms with Crippen molar-refractivity contribution < 1.29 is 9.21 Å². The molecule has 0 atom stereocenters. The monoisotopic (exact) mass is 286 g/mol. The Bertz CT molecular complexity index is 633. The number of carbonyl (C=O) groups excluding carboxylic acids is 1. The number of nitrogens with zero attached hydrogens (tertiary/aromatic N) is 3. The Kier molecular flexibility index (Phi) is 4.71. The first kappa shape index (κ1) is 14.8. The maximum atomic E-state index is 11.7. The maximum absolute atomic E-state index is 11.7. The number of anilines is 1. The molecule has 0 saturated heterocycles. The predicted molar refractivity (Wildman–Crippen MR) is 80.7 cm³/mol. The van der Waals surface area contributed by atoms with Crippen LogP contribution in [0, 0.1) is 6.92 Å². The lowest BCUT2D eigenvalue weighted by atomic mass is 10.3. The molecule has 2 aromatic rings. The molecule has 2 rings (SSSR count). The van der Waals surface area contributed by atoms with E-state index in [1.54, 1.807) is 24.5 Å². The maximum Gasteiger partial charge on any atom is 0.244 e. The van der Waals surface area contributed by atoms with E-state index in [4.69, 9.17) is 4.42 Å². The van der Waals surface area contributed by atoms with Crippen molar-refractivity contribution in [1.82, 2.24) is 15.3 Å². The second-order valence-electron chi connectivity index (χ2n) is 4.76. The highest BCUT2D eigenvalue weighted by Gasteiger charge is 2.05. The average molecular weight is 286 g/mol. The van der Waals surface area contributed by atoms with Gasteiger partial charge in [-0.1, -0.05) is 0 Å². The summed E-state index contributed by atoms with van der Waals surface area (Å²) in [5.41, 5.74) is 1.63. The topological polar surface area (TPSA) is 71.3 Å². The van der Waals surface area contributed by atoms with E-state index in [1.165, 1.54) is 6.08 Å². The molecular weight excluding hydrogens is 268 g/mol. The fraction of sp³-hybridized carbons (Fsp3) is 0.267. The SMILES string of the molecule is Cc1cc(CNC(=O)/C=C/c2ccco2)nc(N(C)C)n1. The molecule has 2 aromatic heterocycles. The van der Waals surface area contributed by atoms with Crippen LogP contribution in [-0.4, -0.2) is 30.0 Å². The van der Waals surface area contributed by atoms with Gasteiger partial charge >= 0.3 is 0 Å². The molecule has 0 aliphatic heterocycles. The standard InChI is InChI=1S/C15H18N4O2/c1-11-9-12(18-15(17-11)19(2)3)10-16-14(20)7-6-13-5-4-8-21-13/h4-9H,10H2,1-3H3,(H,16,20)/b7-6+. The number of aryl methyl sites for hydroxylation is 1. The first-order valence-electron chi connectivity index (χ1n) is 6.56. The van der Waals surface area contributed by atoms with E-state index in [9.17, 15) is 4.79 Å². The Morgan fingerprint density at radius 2 is 2.24 bits per heavy atom. The van der Waals surface area contributed by atoms with E-state index in [-0.39, 0.29) is 5.91 Å². The van der Waals surface area contributed by atoms with Gasteiger partial charge in [-0.15, -0.1) is 0 Å². The zero-order chi connectivity index (χ0) is 15.2. The van der Waals surface area contributed by atoms with Crippen LogP contribution in [0.3, 0.4) is 0 Å². The molecule has 0 saturated carbocycles. The normalized spacial score (nSPS) is 10.8. The minimum absolute atomic E-state index is 0.200. The van der Waals surface area contributed by atoms with Crippen LogP contribution < -0.4 is 10.2 Å². The summed E-state index contributed by atoms with van der Waals surface area (Å²) < 4.78 is 5.11. The summed E-state index contributed by atoms with van der Waals surface area (Å²) in [6, 6.07) is 5.40. The van der Waals surface area contributed by atoms with Crippen LogP contribution in [0.4, 0.5) is 5.95 Å². The number of hydrogen-bond donors (Lipinski definition) is 1. The van der Waals surface area contributed by atoms with Crippen LogP contribution in [-0.2, 0) is 11.3 Å². The van der Waals surface area contributed by atoms with Crippen LogP contribution in [0.25, 0.3) is 6.08 Å². The Balaban J connectivity index is 1.95. The smallest absolute Gasteiger partial charge is 0.244 e. The highest BCUT2D eigenvalue weighted by Crippen LogP contribution is 2.07. The number of rotatable bonds is 5. The Morgan fingerprint density at radius 3 is 2.90 bits per heavy atom. The third-order valence-electron chi connectivity index (χ3n) is 2.68. The lowest BCUT2D eigenvalue weighted by molar-refractivity contribution is -0.116. The van der Waals surface area contributed by atoms with E-state index in [1.807, 2.05) is 32.0 Å². The molecule has 2 heterocycles. The molecule has 0 aromatic carbocycles. The average Bonchev–Trinajstić information content (AvgIpc) is 2.95. The number of amides is 1. The second kappa shape index (κ2) is 6.69. The van der Waals surface area contributed by atoms with Gasteiger partial charge in [0.2, 0.25) is 11.9 Å². The minimum atomic E-state index is -0.200. The summed E-state index contributed by atoms with van der Waals surface area (Å²) >= 11 is 0. The number of hydrogen-bond acceptors (Lipinski definition) is 5. The lowest BCUT2D eigenvalue weighted by Gasteiger charge is -2.12. The molecule has 0 aliphatic rings. The van der Waals surface area contributed by atoms with E-state index in [0.29, 0.717) is 18.3 Å². The van der Waals surface area contributed by atoms with Gasteiger partial charge in [0, 0.05) is 25.9 Å². The molecule has 0 radical (unpaired) electrons. The summed E-state index contributed by atoms with van der Waals surface area (Å²) in [6.45, 7) is 2.25. The van der Waals surface area contributed by atoms with E-state index in [2.05, 4.69) is 15.3 Å². The Labute approximate surface area is 123 Å². The van der Waals surface area contributed by atoms with Crippen molar-refractivity contribution in [2.45, 2.75) is 13.5 Å². The van der Waals surface area contributed by atoms with Gasteiger partial charge in [-0.2, -0.15) is 0 Å². The highest BCUT2D eigenvalue weighted by molar-refractivity contribution is 5.91. The van der Waals surface area contributed by atoms with E-state index < -0.39 is 0 Å². The zero-order valence-electron chi connectivity index (χ0n) is 12.3. The number of carbonyl (C=O) groups is 1. The van der Waals surface area contributed by atoms with Gasteiger partial charge in [0.05, 0.1) is 18.5 Å². The number of aromatic nitrogens is 2. The van der Waals surface area contributed by atoms with Crippen LogP contribution in [0.2, 0.25) is 0 Å². The minimum Gasteiger partial charge on any atom is -0.465 e. The summed E-state index contributed by atoms with van der Waals surface area (Å²) in [4.78, 5) is 22.2. The Morgan fingerprint density at radius 1 is 1.43 bits per heavy atom. The van der Waals surface area contributed by atoms with Crippen LogP contribution in [0.5, 0.6) is 0 Å². The van der Waals surface area contributed by atoms with Crippen molar-refractivity contribution in [3.05, 3.63) is 47.7 Å². The van der Waals surface area contributed by atoms with Gasteiger partial charge in [0.1, 0.15) is 5.76 Å². The van der Waals surface area contributed by atoms with Gasteiger partial charge in [0.25, 0.3) is 0 Å². The number of nitrogens with one attached hydrogen (secondary N) is 1. The van der Waals surface area contributed by atoms with Gasteiger partial charge in [0.15, 0.2) is 0 Å². The molecule has 21 heavy (non-hydrogen) atoms. The van der Waals surface area contributed by atoms with Crippen molar-refractivity contribution in [2.75, 3.05) is 19.0 Å². The lowest BCUT2D eigenvalue weighted by Crippen LogP contribution is -2.22. The summed E-state index contributed by atoms with van der Waals surface area (Å²) in [5.74, 6) is 1.07. The fourth-order valence-electron chi connectivity index (χ4n) is 1.69. The van der Waals surface area contributed by atoms with Gasteiger partial charge in [-0.05, 0) is 31.2 Å². The third-order valence-corrected chi connectivity index (χ3v) is 2.68. The molecule has 0 bridgehead atoms. The largest absolute Gasteiger partial charge is 0.465 e. The first-order chi connectivity index (χ1) is 10.0. The predicted octanol–water partition coefficient (Wildman–Crippen LogP) is 1.77. The Hall–Kier alpha value is -2.63. The molecule has 0 fully saturated rings. The fourth-order valence-corrected chi connectivity index (χ4v) is 1.69. The molecule has 6 heteroatoms. The molecule has 1 N–H and O–H groups in total. The third kappa shape index (κ3) is 4.45. The molecule has 0 unspecified atom stereocenters. The van der Waals surface area contributed by atoms with Gasteiger partial charge < -0.3 is 14.6 Å². The molecule has 1 amide bonds. The summed E-state index contributed by atoms with van der Waals surface area (Å²) in [5, 5.41) is 2.78. The van der Waals surface area contributed by atoms with Gasteiger partial charge in [-0.25, -0.2) is 9.97 Å². The molecule has 0 aliphatic carbocycles. The van der Waals surface area contributed by atoms with Crippen molar-refractivity contribution in [3.8, 4) is 0 Å². The quantitative estimate of drug-likeness (QED) is 0.848. The molecule has 0 spiro atoms. The summed E-state index contributed by atoms with van der Waals surface area (Å²) in [6.07, 6.45) is 4.61. The van der Waals surface area contributed by atoms with Crippen LogP contribution >= 0.6 is 0 Å². The van der Waals surface area contributed by atoms with E-state index >= 15 is 0 Å². The molecule has 110 valence electrons. The van der Waals surface area contributed by atoms with Crippen LogP contribution in [0.1, 0.15) is 17.1 Å². The number of furan rings is 1. The summed E-state index contributed by atoms with van der Waals surface area (Å²) in [7, 11) is 3.76. The van der Waals surface area contributed by atoms with E-state index in [0.717, 1.165) is 11.4 Å². The van der Waals surface area contributed by atoms with Gasteiger partial charge in [-0.3, -0.25) is 4.79 Å². The van der Waals surface area contributed by atoms with Crippen molar-refractivity contribution in [2.24, 2.45) is 0 Å². The highest BCUT2D eigenvalue weighted by atomic mass is 16.3. The van der Waals surface area contributed by atoms with Crippen LogP contribution in [0.15, 0.2) is 35.0 Å². The van der Waals surface area contributed by atoms with Crippen molar-refractivity contribution in [1.29, 1.82) is 0 Å². The molecular formula is C15H18N4O2.